The number of nitrogens with zero attached hydrogens (tertiary/aromatic N) is 2. The maximum Gasteiger partial charge on any atom is 0.292 e. The summed E-state index contributed by atoms with van der Waals surface area (Å²) in [6, 6.07) is 4.09. The number of rotatable bonds is 2. The molecule has 0 fully saturated rings. The van der Waals surface area contributed by atoms with Gasteiger partial charge in [0.05, 0.1) is 22.1 Å². The third-order valence-electron chi connectivity index (χ3n) is 1.89. The van der Waals surface area contributed by atoms with E-state index in [1.165, 1.54) is 13.0 Å². The molecule has 0 spiro atoms. The molecule has 0 aromatic heterocycles. The number of hydrogen-bond donors (Lipinski definition) is 1. The molecule has 0 aliphatic carbocycles. The quantitative estimate of drug-likeness (QED) is 0.338. The number of carbonyl (C=O) groups is 1. The summed E-state index contributed by atoms with van der Waals surface area (Å²) >= 11 is 0. The number of nitrogens with two attached hydrogens (primary N) is 1. The molecule has 0 unspecified atom stereocenters. The van der Waals surface area contributed by atoms with Gasteiger partial charge in [-0.2, -0.15) is 5.26 Å². The first kappa shape index (κ1) is 10.7. The molecule has 1 rings (SSSR count). The van der Waals surface area contributed by atoms with E-state index in [9.17, 15) is 14.9 Å². The topological polar surface area (TPSA) is 110 Å². The van der Waals surface area contributed by atoms with Crippen molar-refractivity contribution < 1.29 is 9.72 Å². The van der Waals surface area contributed by atoms with Crippen LogP contribution in [-0.4, -0.2) is 10.7 Å². The number of ketones is 1. The largest absolute Gasteiger partial charge is 0.393 e. The van der Waals surface area contributed by atoms with Crippen LogP contribution in [0.25, 0.3) is 0 Å². The smallest absolute Gasteiger partial charge is 0.292 e. The molecule has 0 saturated heterocycles. The molecule has 0 atom stereocenters. The fourth-order valence-corrected chi connectivity index (χ4v) is 1.24. The van der Waals surface area contributed by atoms with E-state index < -0.39 is 10.7 Å². The Labute approximate surface area is 85.1 Å². The van der Waals surface area contributed by atoms with Crippen LogP contribution in [0.5, 0.6) is 0 Å². The van der Waals surface area contributed by atoms with Gasteiger partial charge in [0.2, 0.25) is 0 Å². The van der Waals surface area contributed by atoms with Crippen LogP contribution in [-0.2, 0) is 0 Å². The standard InChI is InChI=1S/C9H7N3O3/c1-5(13)8-6(4-10)2-3-7(9(8)11)12(14)15/h2-3H,11H2,1H3. The summed E-state index contributed by atoms with van der Waals surface area (Å²) in [5.74, 6) is -0.465. The van der Waals surface area contributed by atoms with Crippen molar-refractivity contribution in [1.82, 2.24) is 0 Å². The summed E-state index contributed by atoms with van der Waals surface area (Å²) in [7, 11) is 0. The van der Waals surface area contributed by atoms with Crippen molar-refractivity contribution in [2.45, 2.75) is 6.92 Å². The SMILES string of the molecule is CC(=O)c1c(C#N)ccc([N+](=O)[O-])c1N. The van der Waals surface area contributed by atoms with E-state index >= 15 is 0 Å². The van der Waals surface area contributed by atoms with E-state index in [-0.39, 0.29) is 22.5 Å². The van der Waals surface area contributed by atoms with Crippen molar-refractivity contribution in [3.05, 3.63) is 33.4 Å². The Kier molecular flexibility index (Phi) is 2.67. The lowest BCUT2D eigenvalue weighted by atomic mass is 10.0. The lowest BCUT2D eigenvalue weighted by Crippen LogP contribution is -2.06. The maximum absolute atomic E-state index is 11.2. The van der Waals surface area contributed by atoms with Gasteiger partial charge in [-0.05, 0) is 13.0 Å². The van der Waals surface area contributed by atoms with E-state index in [1.54, 1.807) is 6.07 Å². The minimum absolute atomic E-state index is 0.0469. The molecule has 1 aromatic carbocycles. The van der Waals surface area contributed by atoms with Crippen LogP contribution < -0.4 is 5.73 Å². The Morgan fingerprint density at radius 3 is 2.60 bits per heavy atom. The monoisotopic (exact) mass is 205 g/mol. The van der Waals surface area contributed by atoms with Crippen molar-refractivity contribution in [3.8, 4) is 6.07 Å². The molecular formula is C9H7N3O3. The van der Waals surface area contributed by atoms with Gasteiger partial charge in [0.1, 0.15) is 5.69 Å². The first-order chi connectivity index (χ1) is 6.99. The lowest BCUT2D eigenvalue weighted by molar-refractivity contribution is -0.383. The van der Waals surface area contributed by atoms with Gasteiger partial charge in [0, 0.05) is 6.07 Å². The van der Waals surface area contributed by atoms with Crippen LogP contribution in [0.1, 0.15) is 22.8 Å². The molecule has 0 aliphatic rings. The van der Waals surface area contributed by atoms with E-state index in [0.717, 1.165) is 6.07 Å². The fraction of sp³-hybridized carbons (Fsp3) is 0.111. The van der Waals surface area contributed by atoms with Gasteiger partial charge < -0.3 is 5.73 Å². The molecule has 0 amide bonds. The second-order valence-electron chi connectivity index (χ2n) is 2.85. The molecule has 0 bridgehead atoms. The highest BCUT2D eigenvalue weighted by Gasteiger charge is 2.20. The molecule has 0 saturated carbocycles. The summed E-state index contributed by atoms with van der Waals surface area (Å²) in [6.07, 6.45) is 0. The average molecular weight is 205 g/mol. The molecule has 15 heavy (non-hydrogen) atoms. The number of nitriles is 1. The minimum Gasteiger partial charge on any atom is -0.393 e. The van der Waals surface area contributed by atoms with E-state index in [0.29, 0.717) is 0 Å². The van der Waals surface area contributed by atoms with Crippen molar-refractivity contribution in [3.63, 3.8) is 0 Å². The number of nitrogen functional groups attached to an aromatic ring is 1. The van der Waals surface area contributed by atoms with Gasteiger partial charge in [-0.1, -0.05) is 0 Å². The highest BCUT2D eigenvalue weighted by Crippen LogP contribution is 2.27. The molecule has 1 aromatic rings. The van der Waals surface area contributed by atoms with Gasteiger partial charge in [-0.15, -0.1) is 0 Å². The number of nitro benzene ring substituents is 1. The maximum atomic E-state index is 11.2. The zero-order chi connectivity index (χ0) is 11.6. The molecule has 0 aliphatic heterocycles. The highest BCUT2D eigenvalue weighted by atomic mass is 16.6. The average Bonchev–Trinajstić information content (AvgIpc) is 2.15. The number of hydrogen-bond acceptors (Lipinski definition) is 5. The summed E-state index contributed by atoms with van der Waals surface area (Å²) in [5, 5.41) is 19.2. The van der Waals surface area contributed by atoms with Crippen molar-refractivity contribution >= 4 is 17.2 Å². The van der Waals surface area contributed by atoms with E-state index in [2.05, 4.69) is 0 Å². The van der Waals surface area contributed by atoms with Crippen molar-refractivity contribution in [2.75, 3.05) is 5.73 Å². The Morgan fingerprint density at radius 2 is 2.20 bits per heavy atom. The predicted molar refractivity (Wildman–Crippen MR) is 52.2 cm³/mol. The van der Waals surface area contributed by atoms with Crippen LogP contribution in [0.4, 0.5) is 11.4 Å². The summed E-state index contributed by atoms with van der Waals surface area (Å²) < 4.78 is 0. The summed E-state index contributed by atoms with van der Waals surface area (Å²) in [6.45, 7) is 1.20. The highest BCUT2D eigenvalue weighted by molar-refractivity contribution is 6.03. The molecule has 6 nitrogen and oxygen atoms in total. The number of nitro groups is 1. The number of carbonyl (C=O) groups excluding carboxylic acids is 1. The van der Waals surface area contributed by atoms with Gasteiger partial charge in [0.15, 0.2) is 5.78 Å². The zero-order valence-corrected chi connectivity index (χ0v) is 7.85. The summed E-state index contributed by atoms with van der Waals surface area (Å²) in [4.78, 5) is 21.0. The van der Waals surface area contributed by atoms with Crippen LogP contribution in [0.15, 0.2) is 12.1 Å². The van der Waals surface area contributed by atoms with Crippen LogP contribution in [0.2, 0.25) is 0 Å². The summed E-state index contributed by atoms with van der Waals surface area (Å²) in [5.41, 5.74) is 4.78. The normalized spacial score (nSPS) is 9.33. The number of benzene rings is 1. The third-order valence-corrected chi connectivity index (χ3v) is 1.89. The van der Waals surface area contributed by atoms with Gasteiger partial charge in [0.25, 0.3) is 5.69 Å². The lowest BCUT2D eigenvalue weighted by Gasteiger charge is -2.04. The molecule has 6 heteroatoms. The number of Topliss-reactive ketones (excluding diaryl/α,β-unsaturated/α-hetero) is 1. The first-order valence-corrected chi connectivity index (χ1v) is 3.97. The second kappa shape index (κ2) is 3.75. The van der Waals surface area contributed by atoms with Crippen LogP contribution in [0.3, 0.4) is 0 Å². The minimum atomic E-state index is -0.692. The van der Waals surface area contributed by atoms with Crippen molar-refractivity contribution in [1.29, 1.82) is 5.26 Å². The molecular weight excluding hydrogens is 198 g/mol. The van der Waals surface area contributed by atoms with E-state index in [4.69, 9.17) is 11.0 Å². The Hall–Kier alpha value is -2.42. The Balaban J connectivity index is 3.58. The Bertz CT molecular complexity index is 488. The predicted octanol–water partition coefficient (Wildman–Crippen LogP) is 1.25. The molecule has 76 valence electrons. The van der Waals surface area contributed by atoms with Gasteiger partial charge >= 0.3 is 0 Å². The van der Waals surface area contributed by atoms with Crippen molar-refractivity contribution in [2.24, 2.45) is 0 Å². The first-order valence-electron chi connectivity index (χ1n) is 3.97. The fourth-order valence-electron chi connectivity index (χ4n) is 1.24. The molecule has 0 radical (unpaired) electrons. The molecule has 2 N–H and O–H groups in total. The van der Waals surface area contributed by atoms with Crippen LogP contribution >= 0.6 is 0 Å². The van der Waals surface area contributed by atoms with Gasteiger partial charge in [-0.25, -0.2) is 0 Å². The van der Waals surface area contributed by atoms with E-state index in [1.807, 2.05) is 0 Å². The second-order valence-corrected chi connectivity index (χ2v) is 2.85. The number of anilines is 1. The van der Waals surface area contributed by atoms with Gasteiger partial charge in [-0.3, -0.25) is 14.9 Å². The zero-order valence-electron chi connectivity index (χ0n) is 7.85. The molecule has 0 heterocycles. The third kappa shape index (κ3) is 1.76. The van der Waals surface area contributed by atoms with Crippen LogP contribution in [0, 0.1) is 21.4 Å². The Morgan fingerprint density at radius 1 is 1.60 bits per heavy atom.